The molecule has 0 radical (unpaired) electrons. The third-order valence-corrected chi connectivity index (χ3v) is 3.49. The van der Waals surface area contributed by atoms with E-state index in [1.54, 1.807) is 0 Å². The summed E-state index contributed by atoms with van der Waals surface area (Å²) < 4.78 is 5.85. The second-order valence-corrected chi connectivity index (χ2v) is 5.28. The summed E-state index contributed by atoms with van der Waals surface area (Å²) in [6, 6.07) is 10.2. The smallest absolute Gasteiger partial charge is 0.145 e. The fraction of sp³-hybridized carbons (Fsp3) is 0.438. The van der Waals surface area contributed by atoms with Crippen molar-refractivity contribution in [2.75, 3.05) is 19.7 Å². The van der Waals surface area contributed by atoms with Crippen LogP contribution >= 0.6 is 0 Å². The van der Waals surface area contributed by atoms with Crippen molar-refractivity contribution >= 4 is 10.9 Å². The Balaban J connectivity index is 1.61. The van der Waals surface area contributed by atoms with E-state index in [2.05, 4.69) is 22.4 Å². The van der Waals surface area contributed by atoms with Crippen molar-refractivity contribution in [1.29, 1.82) is 0 Å². The third kappa shape index (κ3) is 3.24. The number of hydrogen-bond acceptors (Lipinski definition) is 3. The molecule has 100 valence electrons. The SMILES string of the molecule is Cc1ccc2cccc(OCCNCC3CC3)c2n1. The second kappa shape index (κ2) is 5.57. The quantitative estimate of drug-likeness (QED) is 0.807. The topological polar surface area (TPSA) is 34.1 Å². The molecule has 1 aliphatic rings. The number of benzene rings is 1. The van der Waals surface area contributed by atoms with E-state index in [-0.39, 0.29) is 0 Å². The minimum atomic E-state index is 0.696. The highest BCUT2D eigenvalue weighted by atomic mass is 16.5. The molecule has 1 fully saturated rings. The standard InChI is InChI=1S/C16H20N2O/c1-12-5-8-14-3-2-4-15(16(14)18-12)19-10-9-17-11-13-6-7-13/h2-5,8,13,17H,6-7,9-11H2,1H3. The van der Waals surface area contributed by atoms with E-state index in [0.717, 1.165) is 41.4 Å². The molecule has 0 spiro atoms. The molecule has 1 aromatic heterocycles. The Labute approximate surface area is 114 Å². The van der Waals surface area contributed by atoms with Crippen LogP contribution in [0, 0.1) is 12.8 Å². The Morgan fingerprint density at radius 1 is 1.26 bits per heavy atom. The monoisotopic (exact) mass is 256 g/mol. The summed E-state index contributed by atoms with van der Waals surface area (Å²) >= 11 is 0. The average Bonchev–Trinajstić information content (AvgIpc) is 3.23. The summed E-state index contributed by atoms with van der Waals surface area (Å²) in [6.45, 7) is 4.74. The Kier molecular flexibility index (Phi) is 3.65. The number of aryl methyl sites for hydroxylation is 1. The molecular weight excluding hydrogens is 236 g/mol. The van der Waals surface area contributed by atoms with Crippen molar-refractivity contribution in [2.24, 2.45) is 5.92 Å². The molecule has 3 heteroatoms. The molecule has 3 rings (SSSR count). The van der Waals surface area contributed by atoms with Crippen LogP contribution in [0.4, 0.5) is 0 Å². The van der Waals surface area contributed by atoms with Gasteiger partial charge in [0.1, 0.15) is 17.9 Å². The van der Waals surface area contributed by atoms with Crippen molar-refractivity contribution in [3.8, 4) is 5.75 Å². The van der Waals surface area contributed by atoms with E-state index in [4.69, 9.17) is 4.74 Å². The zero-order chi connectivity index (χ0) is 13.1. The van der Waals surface area contributed by atoms with Gasteiger partial charge < -0.3 is 10.1 Å². The maximum atomic E-state index is 5.85. The van der Waals surface area contributed by atoms with Crippen LogP contribution < -0.4 is 10.1 Å². The van der Waals surface area contributed by atoms with E-state index in [0.29, 0.717) is 6.61 Å². The summed E-state index contributed by atoms with van der Waals surface area (Å²) in [4.78, 5) is 4.57. The minimum absolute atomic E-state index is 0.696. The summed E-state index contributed by atoms with van der Waals surface area (Å²) in [5.41, 5.74) is 1.99. The molecule has 2 aromatic rings. The van der Waals surface area contributed by atoms with Gasteiger partial charge in [-0.2, -0.15) is 0 Å². The van der Waals surface area contributed by atoms with Crippen molar-refractivity contribution in [1.82, 2.24) is 10.3 Å². The molecular formula is C16H20N2O. The molecule has 0 bridgehead atoms. The van der Waals surface area contributed by atoms with Crippen molar-refractivity contribution < 1.29 is 4.74 Å². The van der Waals surface area contributed by atoms with Gasteiger partial charge >= 0.3 is 0 Å². The number of pyridine rings is 1. The molecule has 1 N–H and O–H groups in total. The van der Waals surface area contributed by atoms with Gasteiger partial charge in [-0.25, -0.2) is 4.98 Å². The van der Waals surface area contributed by atoms with E-state index in [9.17, 15) is 0 Å². The van der Waals surface area contributed by atoms with Gasteiger partial charge in [0.15, 0.2) is 0 Å². The lowest BCUT2D eigenvalue weighted by atomic mass is 10.2. The third-order valence-electron chi connectivity index (χ3n) is 3.49. The molecule has 0 atom stereocenters. The minimum Gasteiger partial charge on any atom is -0.490 e. The molecule has 19 heavy (non-hydrogen) atoms. The van der Waals surface area contributed by atoms with Crippen LogP contribution in [-0.4, -0.2) is 24.7 Å². The average molecular weight is 256 g/mol. The van der Waals surface area contributed by atoms with E-state index < -0.39 is 0 Å². The summed E-state index contributed by atoms with van der Waals surface area (Å²) in [6.07, 6.45) is 2.78. The Morgan fingerprint density at radius 2 is 2.16 bits per heavy atom. The van der Waals surface area contributed by atoms with Gasteiger partial charge in [0.05, 0.1) is 0 Å². The number of rotatable bonds is 6. The lowest BCUT2D eigenvalue weighted by molar-refractivity contribution is 0.316. The lowest BCUT2D eigenvalue weighted by Crippen LogP contribution is -2.23. The van der Waals surface area contributed by atoms with Gasteiger partial charge in [-0.3, -0.25) is 0 Å². The molecule has 0 unspecified atom stereocenters. The fourth-order valence-electron chi connectivity index (χ4n) is 2.20. The first kappa shape index (κ1) is 12.4. The van der Waals surface area contributed by atoms with Gasteiger partial charge in [-0.05, 0) is 44.4 Å². The normalized spacial score (nSPS) is 14.8. The highest BCUT2D eigenvalue weighted by molar-refractivity contribution is 5.84. The van der Waals surface area contributed by atoms with Crippen LogP contribution in [0.5, 0.6) is 5.75 Å². The van der Waals surface area contributed by atoms with Crippen LogP contribution in [0.3, 0.4) is 0 Å². The van der Waals surface area contributed by atoms with E-state index >= 15 is 0 Å². The van der Waals surface area contributed by atoms with Crippen molar-refractivity contribution in [2.45, 2.75) is 19.8 Å². The number of ether oxygens (including phenoxy) is 1. The summed E-state index contributed by atoms with van der Waals surface area (Å²) in [5.74, 6) is 1.80. The highest BCUT2D eigenvalue weighted by Crippen LogP contribution is 2.27. The number of nitrogens with one attached hydrogen (secondary N) is 1. The lowest BCUT2D eigenvalue weighted by Gasteiger charge is -2.09. The first-order valence-corrected chi connectivity index (χ1v) is 7.03. The first-order valence-electron chi connectivity index (χ1n) is 7.03. The molecule has 0 aliphatic heterocycles. The largest absolute Gasteiger partial charge is 0.490 e. The van der Waals surface area contributed by atoms with Crippen molar-refractivity contribution in [3.63, 3.8) is 0 Å². The fourth-order valence-corrected chi connectivity index (χ4v) is 2.20. The van der Waals surface area contributed by atoms with Crippen LogP contribution in [0.2, 0.25) is 0 Å². The second-order valence-electron chi connectivity index (χ2n) is 5.28. The summed E-state index contributed by atoms with van der Waals surface area (Å²) in [5, 5.41) is 4.56. The van der Waals surface area contributed by atoms with Gasteiger partial charge in [0, 0.05) is 17.6 Å². The molecule has 1 heterocycles. The number of hydrogen-bond donors (Lipinski definition) is 1. The van der Waals surface area contributed by atoms with Crippen molar-refractivity contribution in [3.05, 3.63) is 36.0 Å². The molecule has 0 amide bonds. The van der Waals surface area contributed by atoms with Gasteiger partial charge in [-0.1, -0.05) is 18.2 Å². The van der Waals surface area contributed by atoms with Crippen LogP contribution in [0.15, 0.2) is 30.3 Å². The number of fused-ring (bicyclic) bond motifs is 1. The highest BCUT2D eigenvalue weighted by Gasteiger charge is 2.19. The first-order chi connectivity index (χ1) is 9.33. The van der Waals surface area contributed by atoms with Crippen LogP contribution in [-0.2, 0) is 0 Å². The van der Waals surface area contributed by atoms with Gasteiger partial charge in [0.25, 0.3) is 0 Å². The van der Waals surface area contributed by atoms with Crippen LogP contribution in [0.1, 0.15) is 18.5 Å². The molecule has 0 saturated heterocycles. The summed E-state index contributed by atoms with van der Waals surface area (Å²) in [7, 11) is 0. The predicted octanol–water partition coefficient (Wildman–Crippen LogP) is 2.92. The zero-order valence-electron chi connectivity index (χ0n) is 11.4. The molecule has 1 saturated carbocycles. The Morgan fingerprint density at radius 3 is 3.00 bits per heavy atom. The number of aromatic nitrogens is 1. The molecule has 3 nitrogen and oxygen atoms in total. The number of nitrogens with zero attached hydrogens (tertiary/aromatic N) is 1. The predicted molar refractivity (Wildman–Crippen MR) is 77.6 cm³/mol. The molecule has 1 aliphatic carbocycles. The van der Waals surface area contributed by atoms with E-state index in [1.165, 1.54) is 12.8 Å². The maximum absolute atomic E-state index is 5.85. The van der Waals surface area contributed by atoms with Gasteiger partial charge in [0.2, 0.25) is 0 Å². The van der Waals surface area contributed by atoms with Crippen LogP contribution in [0.25, 0.3) is 10.9 Å². The van der Waals surface area contributed by atoms with Gasteiger partial charge in [-0.15, -0.1) is 0 Å². The molecule has 1 aromatic carbocycles. The number of para-hydroxylation sites is 1. The Bertz CT molecular complexity index is 564. The maximum Gasteiger partial charge on any atom is 0.145 e. The van der Waals surface area contributed by atoms with E-state index in [1.807, 2.05) is 25.1 Å². The Hall–Kier alpha value is -1.61. The zero-order valence-corrected chi connectivity index (χ0v) is 11.4.